The van der Waals surface area contributed by atoms with Crippen LogP contribution in [0.1, 0.15) is 24.0 Å². The highest BCUT2D eigenvalue weighted by molar-refractivity contribution is 6.20. The summed E-state index contributed by atoms with van der Waals surface area (Å²) in [7, 11) is 0. The van der Waals surface area contributed by atoms with E-state index < -0.39 is 34.2 Å². The van der Waals surface area contributed by atoms with Gasteiger partial charge in [-0.25, -0.2) is 4.79 Å². The van der Waals surface area contributed by atoms with Gasteiger partial charge in [0.2, 0.25) is 11.8 Å². The summed E-state index contributed by atoms with van der Waals surface area (Å²) in [4.78, 5) is 53.6. The van der Waals surface area contributed by atoms with Crippen LogP contribution in [-0.2, 0) is 22.4 Å². The molecule has 2 aromatic rings. The van der Waals surface area contributed by atoms with Crippen LogP contribution in [0.5, 0.6) is 0 Å². The minimum Gasteiger partial charge on any atom is -0.367 e. The Balaban J connectivity index is 1.53. The van der Waals surface area contributed by atoms with E-state index in [9.17, 15) is 24.5 Å². The molecule has 164 valence electrons. The Bertz CT molecular complexity index is 1130. The van der Waals surface area contributed by atoms with Crippen LogP contribution >= 0.6 is 0 Å². The molecule has 0 radical (unpaired) electrons. The van der Waals surface area contributed by atoms with E-state index in [1.54, 1.807) is 6.07 Å². The molecule has 0 aromatic heterocycles. The standard InChI is InChI=1S/C23H22N4O5/c28-20-23(21(29)26(22(30)24-20)12-10-15-5-2-1-3-6-15)14-16-13-17(27(31)32)8-9-18(16)25-11-4-7-19(23)25/h1-3,5-6,8-9,13,19H,4,7,10-12,14H2,(H,24,28,30)/t19-,23-/m1/s1. The molecule has 2 saturated heterocycles. The summed E-state index contributed by atoms with van der Waals surface area (Å²) < 4.78 is 0. The SMILES string of the molecule is O=C1NC(=O)[C@]2(Cc3cc([N+](=O)[O-])ccc3N3CCC[C@@H]32)C(=O)N1CCc1ccccc1. The summed E-state index contributed by atoms with van der Waals surface area (Å²) >= 11 is 0. The molecule has 0 saturated carbocycles. The Kier molecular flexibility index (Phi) is 4.69. The molecule has 9 nitrogen and oxygen atoms in total. The summed E-state index contributed by atoms with van der Waals surface area (Å²) in [6, 6.07) is 13.0. The zero-order valence-corrected chi connectivity index (χ0v) is 17.3. The topological polar surface area (TPSA) is 113 Å². The molecule has 32 heavy (non-hydrogen) atoms. The first kappa shape index (κ1) is 20.2. The number of benzene rings is 2. The zero-order valence-electron chi connectivity index (χ0n) is 17.3. The first-order chi connectivity index (χ1) is 15.4. The summed E-state index contributed by atoms with van der Waals surface area (Å²) in [5.74, 6) is -1.13. The number of carbonyl (C=O) groups is 3. The van der Waals surface area contributed by atoms with E-state index in [0.717, 1.165) is 22.6 Å². The van der Waals surface area contributed by atoms with E-state index in [1.807, 2.05) is 35.2 Å². The number of carbonyl (C=O) groups excluding carboxylic acids is 3. The number of fused-ring (bicyclic) bond motifs is 4. The van der Waals surface area contributed by atoms with Crippen molar-refractivity contribution in [2.24, 2.45) is 5.41 Å². The average Bonchev–Trinajstić information content (AvgIpc) is 3.28. The molecule has 5 rings (SSSR count). The molecular formula is C23H22N4O5. The van der Waals surface area contributed by atoms with Crippen LogP contribution < -0.4 is 10.2 Å². The fourth-order valence-electron chi connectivity index (χ4n) is 5.34. The Morgan fingerprint density at radius 2 is 1.91 bits per heavy atom. The molecule has 1 N–H and O–H groups in total. The number of non-ortho nitro benzene ring substituents is 1. The van der Waals surface area contributed by atoms with Gasteiger partial charge in [-0.05, 0) is 36.5 Å². The van der Waals surface area contributed by atoms with E-state index in [-0.39, 0.29) is 18.7 Å². The van der Waals surface area contributed by atoms with Crippen LogP contribution in [0.3, 0.4) is 0 Å². The number of imide groups is 2. The molecular weight excluding hydrogens is 412 g/mol. The lowest BCUT2D eigenvalue weighted by Gasteiger charge is -2.49. The van der Waals surface area contributed by atoms with Gasteiger partial charge in [-0.3, -0.25) is 29.9 Å². The maximum absolute atomic E-state index is 13.8. The molecule has 0 bridgehead atoms. The van der Waals surface area contributed by atoms with E-state index in [4.69, 9.17) is 0 Å². The average molecular weight is 434 g/mol. The van der Waals surface area contributed by atoms with Crippen molar-refractivity contribution >= 4 is 29.2 Å². The molecule has 0 unspecified atom stereocenters. The fraction of sp³-hybridized carbons (Fsp3) is 0.348. The number of urea groups is 1. The minimum absolute atomic E-state index is 0.0327. The molecule has 2 atom stereocenters. The van der Waals surface area contributed by atoms with Gasteiger partial charge in [-0.15, -0.1) is 0 Å². The molecule has 4 amide bonds. The molecule has 3 heterocycles. The number of hydrogen-bond donors (Lipinski definition) is 1. The number of rotatable bonds is 4. The zero-order chi connectivity index (χ0) is 22.5. The van der Waals surface area contributed by atoms with Gasteiger partial charge in [0, 0.05) is 37.3 Å². The second-order valence-corrected chi connectivity index (χ2v) is 8.52. The fourth-order valence-corrected chi connectivity index (χ4v) is 5.34. The quantitative estimate of drug-likeness (QED) is 0.449. The first-order valence-electron chi connectivity index (χ1n) is 10.7. The van der Waals surface area contributed by atoms with E-state index in [2.05, 4.69) is 5.32 Å². The van der Waals surface area contributed by atoms with Gasteiger partial charge < -0.3 is 4.90 Å². The summed E-state index contributed by atoms with van der Waals surface area (Å²) in [5.41, 5.74) is 0.808. The van der Waals surface area contributed by atoms with Crippen LogP contribution in [0, 0.1) is 15.5 Å². The van der Waals surface area contributed by atoms with Crippen LogP contribution in [0.4, 0.5) is 16.2 Å². The summed E-state index contributed by atoms with van der Waals surface area (Å²) in [6.45, 7) is 0.800. The number of amides is 4. The highest BCUT2D eigenvalue weighted by Crippen LogP contribution is 2.48. The number of nitrogens with one attached hydrogen (secondary N) is 1. The number of nitrogens with zero attached hydrogens (tertiary/aromatic N) is 3. The molecule has 2 fully saturated rings. The van der Waals surface area contributed by atoms with Crippen molar-refractivity contribution in [1.29, 1.82) is 0 Å². The maximum atomic E-state index is 13.8. The lowest BCUT2D eigenvalue weighted by molar-refractivity contribution is -0.384. The summed E-state index contributed by atoms with van der Waals surface area (Å²) in [5, 5.41) is 13.7. The van der Waals surface area contributed by atoms with Gasteiger partial charge >= 0.3 is 6.03 Å². The molecule has 3 aliphatic rings. The van der Waals surface area contributed by atoms with Gasteiger partial charge in [0.1, 0.15) is 0 Å². The molecule has 9 heteroatoms. The molecule has 3 aliphatic heterocycles. The monoisotopic (exact) mass is 434 g/mol. The van der Waals surface area contributed by atoms with Crippen molar-refractivity contribution < 1.29 is 19.3 Å². The third-order valence-corrected chi connectivity index (χ3v) is 6.84. The molecule has 0 aliphatic carbocycles. The normalized spacial score (nSPS) is 24.4. The van der Waals surface area contributed by atoms with Crippen molar-refractivity contribution in [1.82, 2.24) is 10.2 Å². The smallest absolute Gasteiger partial charge is 0.330 e. The van der Waals surface area contributed by atoms with Gasteiger partial charge in [0.05, 0.1) is 11.0 Å². The van der Waals surface area contributed by atoms with Crippen LogP contribution in [0.25, 0.3) is 0 Å². The van der Waals surface area contributed by atoms with E-state index in [1.165, 1.54) is 12.1 Å². The first-order valence-corrected chi connectivity index (χ1v) is 10.7. The van der Waals surface area contributed by atoms with Crippen molar-refractivity contribution in [2.45, 2.75) is 31.7 Å². The Morgan fingerprint density at radius 3 is 2.66 bits per heavy atom. The number of hydrogen-bond acceptors (Lipinski definition) is 6. The lowest BCUT2D eigenvalue weighted by Crippen LogP contribution is -2.71. The van der Waals surface area contributed by atoms with E-state index >= 15 is 0 Å². The highest BCUT2D eigenvalue weighted by Gasteiger charge is 2.62. The second kappa shape index (κ2) is 7.44. The number of nitro benzene ring substituents is 1. The Labute approximate surface area is 184 Å². The van der Waals surface area contributed by atoms with Crippen molar-refractivity contribution in [3.05, 3.63) is 69.8 Å². The van der Waals surface area contributed by atoms with Crippen molar-refractivity contribution in [3.8, 4) is 0 Å². The third kappa shape index (κ3) is 2.96. The lowest BCUT2D eigenvalue weighted by atomic mass is 9.68. The van der Waals surface area contributed by atoms with Gasteiger partial charge in [-0.1, -0.05) is 30.3 Å². The van der Waals surface area contributed by atoms with Gasteiger partial charge in [0.25, 0.3) is 5.69 Å². The van der Waals surface area contributed by atoms with Crippen molar-refractivity contribution in [3.63, 3.8) is 0 Å². The Morgan fingerprint density at radius 1 is 1.12 bits per heavy atom. The van der Waals surface area contributed by atoms with Gasteiger partial charge in [-0.2, -0.15) is 0 Å². The summed E-state index contributed by atoms with van der Waals surface area (Å²) in [6.07, 6.45) is 1.93. The minimum atomic E-state index is -1.48. The number of nitro groups is 1. The molecule has 2 aromatic carbocycles. The van der Waals surface area contributed by atoms with Gasteiger partial charge in [0.15, 0.2) is 5.41 Å². The molecule has 1 spiro atoms. The van der Waals surface area contributed by atoms with Crippen LogP contribution in [0.15, 0.2) is 48.5 Å². The highest BCUT2D eigenvalue weighted by atomic mass is 16.6. The number of barbiturate groups is 1. The van der Waals surface area contributed by atoms with E-state index in [0.29, 0.717) is 24.9 Å². The third-order valence-electron chi connectivity index (χ3n) is 6.84. The predicted molar refractivity (Wildman–Crippen MR) is 115 cm³/mol. The number of anilines is 1. The van der Waals surface area contributed by atoms with Crippen molar-refractivity contribution in [2.75, 3.05) is 18.0 Å². The van der Waals surface area contributed by atoms with Crippen LogP contribution in [-0.4, -0.2) is 46.8 Å². The largest absolute Gasteiger partial charge is 0.367 e. The van der Waals surface area contributed by atoms with Crippen LogP contribution in [0.2, 0.25) is 0 Å². The Hall–Kier alpha value is -3.75. The maximum Gasteiger partial charge on any atom is 0.330 e. The second-order valence-electron chi connectivity index (χ2n) is 8.52. The predicted octanol–water partition coefficient (Wildman–Crippen LogP) is 2.43.